The van der Waals surface area contributed by atoms with E-state index in [9.17, 15) is 9.59 Å². The number of hydrogen-bond acceptors (Lipinski definition) is 4. The van der Waals surface area contributed by atoms with Gasteiger partial charge in [0.2, 0.25) is 11.8 Å². The van der Waals surface area contributed by atoms with Crippen molar-refractivity contribution >= 4 is 39.1 Å². The lowest BCUT2D eigenvalue weighted by Gasteiger charge is -2.25. The molecule has 0 saturated carbocycles. The number of carbonyl (C=O) groups excluding carboxylic acids is 2. The molecule has 1 heterocycles. The second-order valence-corrected chi connectivity index (χ2v) is 11.1. The lowest BCUT2D eigenvalue weighted by atomic mass is 9.89. The number of fused-ring (bicyclic) bond motifs is 1. The number of hydrogen-bond donors (Lipinski definition) is 2. The molecule has 4 aromatic carbocycles. The Morgan fingerprint density at radius 1 is 0.769 bits per heavy atom. The Balaban J connectivity index is 1.31. The van der Waals surface area contributed by atoms with Gasteiger partial charge in [0.05, 0.1) is 16.1 Å². The summed E-state index contributed by atoms with van der Waals surface area (Å²) in [5.74, 6) is -1.07. The summed E-state index contributed by atoms with van der Waals surface area (Å²) in [6.45, 7) is 5.94. The minimum absolute atomic E-state index is 0.105. The smallest absolute Gasteiger partial charge is 0.247 e. The van der Waals surface area contributed by atoms with Crippen LogP contribution < -0.4 is 10.6 Å². The molecule has 6 heteroatoms. The fourth-order valence-corrected chi connectivity index (χ4v) is 5.70. The Bertz CT molecular complexity index is 1540. The van der Waals surface area contributed by atoms with Crippen LogP contribution in [0, 0.1) is 12.8 Å². The average molecular weight is 534 g/mol. The summed E-state index contributed by atoms with van der Waals surface area (Å²) in [6, 6.07) is 32.5. The van der Waals surface area contributed by atoms with Gasteiger partial charge in [-0.1, -0.05) is 80.6 Å². The fraction of sp³-hybridized carbons (Fsp3) is 0.182. The summed E-state index contributed by atoms with van der Waals surface area (Å²) >= 11 is 1.65. The SMILES string of the molecule is Cc1ccc2nc(-c3ccc(NC(=O)[C@@H](NC(=O)C(c4ccccc4)c4ccccc4)C(C)C)cc3)sc2c1. The fourth-order valence-electron chi connectivity index (χ4n) is 4.63. The highest BCUT2D eigenvalue weighted by Crippen LogP contribution is 2.31. The number of anilines is 1. The second kappa shape index (κ2) is 11.6. The number of thiazole rings is 1. The summed E-state index contributed by atoms with van der Waals surface area (Å²) in [4.78, 5) is 31.7. The zero-order valence-corrected chi connectivity index (χ0v) is 23.0. The predicted molar refractivity (Wildman–Crippen MR) is 160 cm³/mol. The van der Waals surface area contributed by atoms with Gasteiger partial charge in [0.1, 0.15) is 11.0 Å². The van der Waals surface area contributed by atoms with E-state index in [1.165, 1.54) is 5.56 Å². The van der Waals surface area contributed by atoms with Gasteiger partial charge < -0.3 is 10.6 Å². The maximum atomic E-state index is 13.6. The van der Waals surface area contributed by atoms with E-state index in [2.05, 4.69) is 29.7 Å². The van der Waals surface area contributed by atoms with Crippen molar-refractivity contribution in [3.05, 3.63) is 120 Å². The van der Waals surface area contributed by atoms with Crippen LogP contribution >= 0.6 is 11.3 Å². The van der Waals surface area contributed by atoms with Crippen LogP contribution in [-0.2, 0) is 9.59 Å². The molecule has 0 saturated heterocycles. The van der Waals surface area contributed by atoms with Gasteiger partial charge in [-0.15, -0.1) is 11.3 Å². The quantitative estimate of drug-likeness (QED) is 0.222. The van der Waals surface area contributed by atoms with Crippen molar-refractivity contribution in [1.29, 1.82) is 0 Å². The van der Waals surface area contributed by atoms with Gasteiger partial charge in [-0.25, -0.2) is 4.98 Å². The Kier molecular flexibility index (Phi) is 7.84. The highest BCUT2D eigenvalue weighted by atomic mass is 32.1. The van der Waals surface area contributed by atoms with Gasteiger partial charge in [-0.05, 0) is 65.9 Å². The molecule has 5 nitrogen and oxygen atoms in total. The zero-order chi connectivity index (χ0) is 27.4. The molecule has 0 bridgehead atoms. The molecule has 5 rings (SSSR count). The molecule has 0 spiro atoms. The average Bonchev–Trinajstić information content (AvgIpc) is 3.36. The van der Waals surface area contributed by atoms with Crippen molar-refractivity contribution in [2.45, 2.75) is 32.7 Å². The molecule has 1 aromatic heterocycles. The first-order valence-corrected chi connectivity index (χ1v) is 13.9. The third-order valence-corrected chi connectivity index (χ3v) is 7.79. The molecular weight excluding hydrogens is 502 g/mol. The van der Waals surface area contributed by atoms with Crippen molar-refractivity contribution in [1.82, 2.24) is 10.3 Å². The van der Waals surface area contributed by atoms with Crippen LogP contribution in [0.25, 0.3) is 20.8 Å². The van der Waals surface area contributed by atoms with E-state index in [0.717, 1.165) is 31.9 Å². The summed E-state index contributed by atoms with van der Waals surface area (Å²) in [6.07, 6.45) is 0. The monoisotopic (exact) mass is 533 g/mol. The highest BCUT2D eigenvalue weighted by Gasteiger charge is 2.29. The van der Waals surface area contributed by atoms with Crippen LogP contribution in [0.3, 0.4) is 0 Å². The third-order valence-electron chi connectivity index (χ3n) is 6.72. The van der Waals surface area contributed by atoms with Crippen LogP contribution in [0.4, 0.5) is 5.69 Å². The molecule has 5 aromatic rings. The van der Waals surface area contributed by atoms with E-state index >= 15 is 0 Å². The van der Waals surface area contributed by atoms with Crippen LogP contribution in [0.1, 0.15) is 36.5 Å². The van der Waals surface area contributed by atoms with Crippen molar-refractivity contribution < 1.29 is 9.59 Å². The molecule has 2 amide bonds. The summed E-state index contributed by atoms with van der Waals surface area (Å²) in [5.41, 5.74) is 5.62. The van der Waals surface area contributed by atoms with Crippen LogP contribution in [0.5, 0.6) is 0 Å². The van der Waals surface area contributed by atoms with Gasteiger partial charge in [0, 0.05) is 11.3 Å². The first kappa shape index (κ1) is 26.3. The minimum atomic E-state index is -0.695. The van der Waals surface area contributed by atoms with E-state index in [4.69, 9.17) is 4.98 Å². The standard InChI is InChI=1S/C33H31N3O2S/c1-21(2)30(36-31(37)29(23-10-6-4-7-11-23)24-12-8-5-9-13-24)32(38)34-26-17-15-25(16-18-26)33-35-27-19-14-22(3)20-28(27)39-33/h4-21,29-30H,1-3H3,(H,34,38)(H,36,37)/t30-/m0/s1. The summed E-state index contributed by atoms with van der Waals surface area (Å²) in [7, 11) is 0. The van der Waals surface area contributed by atoms with E-state index in [0.29, 0.717) is 5.69 Å². The van der Waals surface area contributed by atoms with Crippen molar-refractivity contribution in [3.8, 4) is 10.6 Å². The van der Waals surface area contributed by atoms with Crippen molar-refractivity contribution in [2.24, 2.45) is 5.92 Å². The largest absolute Gasteiger partial charge is 0.343 e. The third kappa shape index (κ3) is 6.07. The van der Waals surface area contributed by atoms with Gasteiger partial charge >= 0.3 is 0 Å². The Labute approximate surface area is 232 Å². The molecule has 0 aliphatic rings. The predicted octanol–water partition coefficient (Wildman–Crippen LogP) is 7.18. The van der Waals surface area contributed by atoms with E-state index in [1.54, 1.807) is 11.3 Å². The molecule has 196 valence electrons. The lowest BCUT2D eigenvalue weighted by molar-refractivity contribution is -0.127. The number of nitrogens with one attached hydrogen (secondary N) is 2. The normalized spacial score (nSPS) is 12.0. The Hall–Kier alpha value is -4.29. The van der Waals surface area contributed by atoms with Crippen LogP contribution in [0.2, 0.25) is 0 Å². The number of benzene rings is 4. The molecule has 2 N–H and O–H groups in total. The minimum Gasteiger partial charge on any atom is -0.343 e. The van der Waals surface area contributed by atoms with Gasteiger partial charge in [-0.2, -0.15) is 0 Å². The maximum Gasteiger partial charge on any atom is 0.247 e. The molecule has 0 unspecified atom stereocenters. The molecule has 0 aliphatic carbocycles. The first-order chi connectivity index (χ1) is 18.9. The van der Waals surface area contributed by atoms with Crippen molar-refractivity contribution in [2.75, 3.05) is 5.32 Å². The Morgan fingerprint density at radius 2 is 1.38 bits per heavy atom. The summed E-state index contributed by atoms with van der Waals surface area (Å²) < 4.78 is 1.15. The topological polar surface area (TPSA) is 71.1 Å². The molecule has 0 aliphatic heterocycles. The first-order valence-electron chi connectivity index (χ1n) is 13.1. The molecule has 0 fully saturated rings. The van der Waals surface area contributed by atoms with Gasteiger partial charge in [0.15, 0.2) is 0 Å². The zero-order valence-electron chi connectivity index (χ0n) is 22.2. The van der Waals surface area contributed by atoms with E-state index in [-0.39, 0.29) is 17.7 Å². The molecular formula is C33H31N3O2S. The van der Waals surface area contributed by atoms with E-state index < -0.39 is 12.0 Å². The second-order valence-electron chi connectivity index (χ2n) is 10.0. The number of carbonyl (C=O) groups is 2. The van der Waals surface area contributed by atoms with Crippen LogP contribution in [0.15, 0.2) is 103 Å². The van der Waals surface area contributed by atoms with Gasteiger partial charge in [0.25, 0.3) is 0 Å². The van der Waals surface area contributed by atoms with Crippen molar-refractivity contribution in [3.63, 3.8) is 0 Å². The molecule has 0 radical (unpaired) electrons. The van der Waals surface area contributed by atoms with E-state index in [1.807, 2.05) is 105 Å². The molecule has 1 atom stereocenters. The highest BCUT2D eigenvalue weighted by molar-refractivity contribution is 7.21. The lowest BCUT2D eigenvalue weighted by Crippen LogP contribution is -2.48. The van der Waals surface area contributed by atoms with Crippen LogP contribution in [-0.4, -0.2) is 22.8 Å². The maximum absolute atomic E-state index is 13.6. The molecule has 39 heavy (non-hydrogen) atoms. The number of aromatic nitrogens is 1. The number of amides is 2. The number of rotatable bonds is 8. The number of nitrogens with zero attached hydrogens (tertiary/aromatic N) is 1. The Morgan fingerprint density at radius 3 is 1.97 bits per heavy atom. The summed E-state index contributed by atoms with van der Waals surface area (Å²) in [5, 5.41) is 6.96. The van der Waals surface area contributed by atoms with Gasteiger partial charge in [-0.3, -0.25) is 9.59 Å². The number of aryl methyl sites for hydroxylation is 1.